The fourth-order valence-electron chi connectivity index (χ4n) is 10.8. The summed E-state index contributed by atoms with van der Waals surface area (Å²) in [6.07, 6.45) is -0.187. The van der Waals surface area contributed by atoms with Crippen molar-refractivity contribution in [2.45, 2.75) is 85.9 Å². The molecule has 2 unspecified atom stereocenters. The average Bonchev–Trinajstić information content (AvgIpc) is 4.39. The van der Waals surface area contributed by atoms with Crippen LogP contribution in [0.25, 0.3) is 78.2 Å². The Morgan fingerprint density at radius 2 is 0.949 bits per heavy atom. The van der Waals surface area contributed by atoms with E-state index in [9.17, 15) is 19.8 Å². The van der Waals surface area contributed by atoms with E-state index in [1.807, 2.05) is 176 Å². The van der Waals surface area contributed by atoms with Crippen molar-refractivity contribution in [2.24, 2.45) is 9.98 Å². The Labute approximate surface area is 465 Å². The number of nitrogens with zero attached hydrogens (tertiary/aromatic N) is 6. The van der Waals surface area contributed by atoms with E-state index in [1.165, 1.54) is 22.7 Å². The molecule has 0 fully saturated rings. The van der Waals surface area contributed by atoms with Crippen LogP contribution in [-0.4, -0.2) is 51.1 Å². The summed E-state index contributed by atoms with van der Waals surface area (Å²) in [6, 6.07) is 48.1. The van der Waals surface area contributed by atoms with Crippen molar-refractivity contribution in [3.63, 3.8) is 0 Å². The Balaban J connectivity index is 1.04. The van der Waals surface area contributed by atoms with Crippen molar-refractivity contribution in [1.82, 2.24) is 29.1 Å². The Hall–Kier alpha value is -8.40. The van der Waals surface area contributed by atoms with E-state index in [2.05, 4.69) is 34.2 Å². The standard InChI is InChI=1S/C65H60N8O4S2/c1-7-59(75)63-41(5)52-34-55-62(42(6)74)40(4)51(68-55)32-49-38(2)47(28-30-60(76)70-64-72(45-24-16-10-17-25-45)57(36-78-64)43-20-12-8-13-21-43)53(66-49)35-54-48(39(3)50(67-54)33-56(63)69-52)29-31-61(77)71-65-73(46-26-18-11-19-27-46)58(37-79-65)44-22-14-9-15-23-44/h8-27,32-37,42,59,68-69,74-75H,7,28-31H2,1-6H3. The summed E-state index contributed by atoms with van der Waals surface area (Å²) in [7, 11) is 0. The molecule has 0 radical (unpaired) electrons. The lowest BCUT2D eigenvalue weighted by atomic mass is 9.98. The van der Waals surface area contributed by atoms with Crippen molar-refractivity contribution in [2.75, 3.05) is 0 Å². The second kappa shape index (κ2) is 22.5. The Morgan fingerprint density at radius 3 is 1.39 bits per heavy atom. The minimum absolute atomic E-state index is 0.105. The number of nitrogens with one attached hydrogen (secondary N) is 2. The molecule has 14 heteroatoms. The normalized spacial score (nSPS) is 13.9. The van der Waals surface area contributed by atoms with E-state index in [0.717, 1.165) is 95.0 Å². The summed E-state index contributed by atoms with van der Waals surface area (Å²) in [5, 5.41) is 26.9. The fraction of sp³-hybridized carbons (Fsp3) is 0.200. The number of fused-ring (bicyclic) bond motifs is 8. The minimum atomic E-state index is -0.793. The summed E-state index contributed by atoms with van der Waals surface area (Å²) in [4.78, 5) is 57.1. The van der Waals surface area contributed by atoms with E-state index in [-0.39, 0.29) is 24.7 Å². The van der Waals surface area contributed by atoms with E-state index < -0.39 is 12.2 Å². The number of aliphatic hydroxyl groups excluding tert-OH is 2. The van der Waals surface area contributed by atoms with Gasteiger partial charge in [0, 0.05) is 68.2 Å². The van der Waals surface area contributed by atoms with Gasteiger partial charge in [-0.25, -0.2) is 9.97 Å². The number of carbonyl (C=O) groups is 2. The molecule has 2 amide bonds. The molecule has 79 heavy (non-hydrogen) atoms. The molecule has 0 spiro atoms. The van der Waals surface area contributed by atoms with Gasteiger partial charge in [-0.3, -0.25) is 18.7 Å². The van der Waals surface area contributed by atoms with Crippen LogP contribution in [-0.2, 0) is 9.59 Å². The van der Waals surface area contributed by atoms with Crippen LogP contribution in [0.1, 0.15) is 117 Å². The third kappa shape index (κ3) is 10.6. The van der Waals surface area contributed by atoms with Crippen LogP contribution in [0, 0.1) is 13.8 Å². The fourth-order valence-corrected chi connectivity index (χ4v) is 12.6. The number of rotatable bonds is 13. The quantitative estimate of drug-likeness (QED) is 0.0897. The van der Waals surface area contributed by atoms with E-state index in [4.69, 9.17) is 20.0 Å². The number of thiazole rings is 2. The predicted molar refractivity (Wildman–Crippen MR) is 319 cm³/mol. The van der Waals surface area contributed by atoms with Gasteiger partial charge in [0.15, 0.2) is 9.60 Å². The molecule has 5 aromatic heterocycles. The number of aromatic nitrogens is 6. The zero-order valence-electron chi connectivity index (χ0n) is 44.9. The summed E-state index contributed by atoms with van der Waals surface area (Å²) in [5.74, 6) is -0.545. The third-order valence-corrected chi connectivity index (χ3v) is 16.6. The van der Waals surface area contributed by atoms with Crippen LogP contribution in [0.2, 0.25) is 0 Å². The van der Waals surface area contributed by atoms with Gasteiger partial charge < -0.3 is 20.2 Å². The lowest BCUT2D eigenvalue weighted by Crippen LogP contribution is -2.16. The maximum absolute atomic E-state index is 14.3. The zero-order chi connectivity index (χ0) is 54.9. The lowest BCUT2D eigenvalue weighted by Gasteiger charge is -2.09. The van der Waals surface area contributed by atoms with Crippen LogP contribution in [0.4, 0.5) is 0 Å². The molecule has 7 heterocycles. The Morgan fingerprint density at radius 1 is 0.544 bits per heavy atom. The monoisotopic (exact) mass is 1080 g/mol. The van der Waals surface area contributed by atoms with Gasteiger partial charge in [0.05, 0.1) is 46.4 Å². The highest BCUT2D eigenvalue weighted by atomic mass is 32.1. The molecule has 0 saturated carbocycles. The van der Waals surface area contributed by atoms with Crippen LogP contribution in [0.15, 0.2) is 166 Å². The Bertz CT molecular complexity index is 4200. The third-order valence-electron chi connectivity index (χ3n) is 15.0. The molecule has 8 bridgehead atoms. The van der Waals surface area contributed by atoms with Crippen molar-refractivity contribution in [3.05, 3.63) is 211 Å². The smallest absolute Gasteiger partial charge is 0.248 e. The number of para-hydroxylation sites is 2. The lowest BCUT2D eigenvalue weighted by molar-refractivity contribution is -0.118. The second-order valence-corrected chi connectivity index (χ2v) is 21.7. The first kappa shape index (κ1) is 52.6. The van der Waals surface area contributed by atoms with Crippen LogP contribution in [0.3, 0.4) is 0 Å². The first-order chi connectivity index (χ1) is 38.3. The molecular weight excluding hydrogens is 1020 g/mol. The second-order valence-electron chi connectivity index (χ2n) is 20.0. The van der Waals surface area contributed by atoms with Gasteiger partial charge in [-0.15, -0.1) is 22.7 Å². The van der Waals surface area contributed by atoms with Gasteiger partial charge in [0.2, 0.25) is 11.8 Å². The molecule has 2 atom stereocenters. The van der Waals surface area contributed by atoms with Crippen molar-refractivity contribution in [1.29, 1.82) is 0 Å². The summed E-state index contributed by atoms with van der Waals surface area (Å²) in [6.45, 7) is 11.7. The minimum Gasteiger partial charge on any atom is -0.389 e. The number of hydrogen-bond donors (Lipinski definition) is 4. The highest BCUT2D eigenvalue weighted by Crippen LogP contribution is 2.40. The van der Waals surface area contributed by atoms with Gasteiger partial charge in [0.1, 0.15) is 0 Å². The SMILES string of the molecule is CCC(O)c1c(C)c2cc3[nH]c(cc4nc(cc5nc(cc1[nH]2)C(C)=C5CCC(=O)N=c1scc(-c2ccccc2)n1-c1ccccc1)C(CCC(=O)N=c1scc(-c2ccccc2)n1-c1ccccc1)=C4C)c(C)c3C(C)O. The molecule has 0 saturated heterocycles. The average molecular weight is 1080 g/mol. The largest absolute Gasteiger partial charge is 0.389 e. The number of hydrogen-bond acceptors (Lipinski definition) is 8. The molecule has 396 valence electrons. The van der Waals surface area contributed by atoms with Gasteiger partial charge in [0.25, 0.3) is 0 Å². The maximum atomic E-state index is 14.3. The topological polar surface area (TPSA) is 167 Å². The van der Waals surface area contributed by atoms with Gasteiger partial charge >= 0.3 is 0 Å². The van der Waals surface area contributed by atoms with Crippen molar-refractivity contribution in [3.8, 4) is 33.9 Å². The number of benzene rings is 4. The molecule has 12 nitrogen and oxygen atoms in total. The summed E-state index contributed by atoms with van der Waals surface area (Å²) < 4.78 is 4.06. The molecule has 4 N–H and O–H groups in total. The predicted octanol–water partition coefficient (Wildman–Crippen LogP) is 14.1. The molecule has 11 rings (SSSR count). The van der Waals surface area contributed by atoms with Crippen LogP contribution < -0.4 is 9.60 Å². The highest BCUT2D eigenvalue weighted by molar-refractivity contribution is 7.07. The van der Waals surface area contributed by atoms with Crippen molar-refractivity contribution < 1.29 is 19.8 Å². The highest BCUT2D eigenvalue weighted by Gasteiger charge is 2.25. The first-order valence-electron chi connectivity index (χ1n) is 26.6. The van der Waals surface area contributed by atoms with Crippen LogP contribution in [0.5, 0.6) is 0 Å². The summed E-state index contributed by atoms with van der Waals surface area (Å²) in [5.41, 5.74) is 18.2. The molecule has 2 aliphatic rings. The number of amides is 2. The molecule has 2 aliphatic heterocycles. The number of aryl methyl sites for hydroxylation is 2. The van der Waals surface area contributed by atoms with E-state index >= 15 is 0 Å². The zero-order valence-corrected chi connectivity index (χ0v) is 46.5. The molecule has 0 aliphatic carbocycles. The number of H-pyrrole nitrogens is 2. The van der Waals surface area contributed by atoms with Crippen molar-refractivity contribution >= 4 is 78.8 Å². The van der Waals surface area contributed by atoms with E-state index in [1.54, 1.807) is 6.92 Å². The van der Waals surface area contributed by atoms with Crippen LogP contribution >= 0.6 is 22.7 Å². The number of allylic oxidation sites excluding steroid dienone is 4. The van der Waals surface area contributed by atoms with Gasteiger partial charge in [-0.2, -0.15) is 9.98 Å². The van der Waals surface area contributed by atoms with Gasteiger partial charge in [-0.05, 0) is 147 Å². The number of aliphatic hydroxyl groups is 2. The van der Waals surface area contributed by atoms with E-state index in [0.29, 0.717) is 57.2 Å². The molecule has 9 aromatic rings. The Kier molecular flexibility index (Phi) is 15.0. The maximum Gasteiger partial charge on any atom is 0.248 e. The van der Waals surface area contributed by atoms with Gasteiger partial charge in [-0.1, -0.05) is 104 Å². The molecule has 4 aromatic carbocycles. The number of aromatic amines is 2. The first-order valence-corrected chi connectivity index (χ1v) is 28.4. The summed E-state index contributed by atoms with van der Waals surface area (Å²) >= 11 is 2.85. The molecular formula is C65H60N8O4S2. The number of carbonyl (C=O) groups excluding carboxylic acids is 2.